The largest absolute Gasteiger partial charge is 0.353 e. The summed E-state index contributed by atoms with van der Waals surface area (Å²) in [6, 6.07) is 8.36. The van der Waals surface area contributed by atoms with Crippen LogP contribution in [0.2, 0.25) is 5.02 Å². The van der Waals surface area contributed by atoms with E-state index in [2.05, 4.69) is 21.5 Å². The molecule has 1 aliphatic carbocycles. The Morgan fingerprint density at radius 2 is 2.21 bits per heavy atom. The summed E-state index contributed by atoms with van der Waals surface area (Å²) in [5, 5.41) is 8.49. The van der Waals surface area contributed by atoms with E-state index in [1.807, 2.05) is 43.3 Å². The average Bonchev–Trinajstić information content (AvgIpc) is 3.32. The first-order valence-corrected chi connectivity index (χ1v) is 10.0. The maximum Gasteiger partial charge on any atom is 0.246 e. The maximum absolute atomic E-state index is 12.7. The number of aryl methyl sites for hydroxylation is 1. The number of guanidine groups is 1. The fraction of sp³-hybridized carbons (Fsp3) is 0.450. The molecule has 156 valence electrons. The highest BCUT2D eigenvalue weighted by Gasteiger charge is 2.40. The van der Waals surface area contributed by atoms with E-state index in [0.29, 0.717) is 31.6 Å². The molecule has 0 radical (unpaired) electrons. The number of benzene rings is 1. The van der Waals surface area contributed by atoms with Crippen LogP contribution >= 0.6 is 35.6 Å². The summed E-state index contributed by atoms with van der Waals surface area (Å²) in [4.78, 5) is 21.2. The van der Waals surface area contributed by atoms with Crippen molar-refractivity contribution in [2.24, 2.45) is 12.0 Å². The molecule has 1 aromatic carbocycles. The van der Waals surface area contributed by atoms with Crippen LogP contribution < -0.4 is 10.2 Å². The van der Waals surface area contributed by atoms with Gasteiger partial charge in [-0.2, -0.15) is 5.10 Å². The summed E-state index contributed by atoms with van der Waals surface area (Å²) >= 11 is 6.12. The van der Waals surface area contributed by atoms with Crippen LogP contribution in [0, 0.1) is 0 Å². The van der Waals surface area contributed by atoms with Crippen LogP contribution in [-0.4, -0.2) is 58.8 Å². The molecule has 1 aliphatic heterocycles. The Labute approximate surface area is 193 Å². The summed E-state index contributed by atoms with van der Waals surface area (Å²) in [5.74, 6) is 1.32. The molecule has 0 bridgehead atoms. The zero-order chi connectivity index (χ0) is 19.7. The molecule has 2 fully saturated rings. The molecule has 2 aromatic rings. The molecular formula is C20H26ClIN6O. The zero-order valence-electron chi connectivity index (χ0n) is 16.6. The minimum atomic E-state index is 0. The summed E-state index contributed by atoms with van der Waals surface area (Å²) in [7, 11) is 1.85. The van der Waals surface area contributed by atoms with Gasteiger partial charge in [-0.3, -0.25) is 14.5 Å². The second-order valence-corrected chi connectivity index (χ2v) is 7.72. The first-order valence-electron chi connectivity index (χ1n) is 9.65. The van der Waals surface area contributed by atoms with Gasteiger partial charge in [0.1, 0.15) is 6.54 Å². The lowest BCUT2D eigenvalue weighted by molar-refractivity contribution is -0.120. The van der Waals surface area contributed by atoms with Gasteiger partial charge in [-0.25, -0.2) is 0 Å². The summed E-state index contributed by atoms with van der Waals surface area (Å²) < 4.78 is 1.71. The van der Waals surface area contributed by atoms with E-state index in [-0.39, 0.29) is 29.9 Å². The van der Waals surface area contributed by atoms with Crippen LogP contribution in [0.4, 0.5) is 5.69 Å². The second kappa shape index (κ2) is 9.34. The van der Waals surface area contributed by atoms with E-state index in [4.69, 9.17) is 11.6 Å². The van der Waals surface area contributed by atoms with Gasteiger partial charge in [-0.15, -0.1) is 24.0 Å². The van der Waals surface area contributed by atoms with Crippen LogP contribution in [0.5, 0.6) is 0 Å². The SMILES string of the molecule is CCN=C(NC1CC1c1cccc(Cl)c1)N1CCN(c2cnn(C)c2)C(=O)C1.I. The zero-order valence-corrected chi connectivity index (χ0v) is 19.7. The smallest absolute Gasteiger partial charge is 0.246 e. The molecule has 1 aromatic heterocycles. The number of carbonyl (C=O) groups excluding carboxylic acids is 1. The predicted octanol–water partition coefficient (Wildman–Crippen LogP) is 2.86. The molecular weight excluding hydrogens is 503 g/mol. The number of carbonyl (C=O) groups is 1. The van der Waals surface area contributed by atoms with Crippen molar-refractivity contribution in [2.45, 2.75) is 25.3 Å². The first kappa shape index (κ1) is 21.9. The van der Waals surface area contributed by atoms with E-state index in [1.54, 1.807) is 15.8 Å². The molecule has 1 amide bonds. The van der Waals surface area contributed by atoms with Crippen molar-refractivity contribution in [2.75, 3.05) is 31.1 Å². The quantitative estimate of drug-likeness (QED) is 0.377. The lowest BCUT2D eigenvalue weighted by atomic mass is 10.1. The van der Waals surface area contributed by atoms with Crippen molar-refractivity contribution in [3.8, 4) is 0 Å². The van der Waals surface area contributed by atoms with E-state index >= 15 is 0 Å². The Hall–Kier alpha value is -1.81. The summed E-state index contributed by atoms with van der Waals surface area (Å²) in [6.45, 7) is 4.36. The Balaban J connectivity index is 0.00000240. The second-order valence-electron chi connectivity index (χ2n) is 7.29. The van der Waals surface area contributed by atoms with Gasteiger partial charge < -0.3 is 15.1 Å². The number of rotatable bonds is 4. The Bertz CT molecular complexity index is 901. The fourth-order valence-corrected chi connectivity index (χ4v) is 3.89. The summed E-state index contributed by atoms with van der Waals surface area (Å²) in [6.07, 6.45) is 4.64. The van der Waals surface area contributed by atoms with Crippen LogP contribution in [0.25, 0.3) is 0 Å². The third-order valence-corrected chi connectivity index (χ3v) is 5.45. The van der Waals surface area contributed by atoms with Gasteiger partial charge in [0.15, 0.2) is 5.96 Å². The van der Waals surface area contributed by atoms with Gasteiger partial charge in [-0.05, 0) is 31.0 Å². The van der Waals surface area contributed by atoms with E-state index < -0.39 is 0 Å². The van der Waals surface area contributed by atoms with Gasteiger partial charge in [0.2, 0.25) is 5.91 Å². The Kier molecular flexibility index (Phi) is 7.05. The van der Waals surface area contributed by atoms with Crippen LogP contribution in [-0.2, 0) is 11.8 Å². The van der Waals surface area contributed by atoms with Crippen molar-refractivity contribution < 1.29 is 4.79 Å². The standard InChI is InChI=1S/C20H25ClN6O.HI/c1-3-22-20(24-18-10-17(18)14-5-4-6-15(21)9-14)26-7-8-27(19(28)13-26)16-11-23-25(2)12-16;/h4-6,9,11-12,17-18H,3,7-8,10,13H2,1-2H3,(H,22,24);1H. The molecule has 2 heterocycles. The molecule has 1 saturated carbocycles. The first-order chi connectivity index (χ1) is 13.5. The number of hydrogen-bond donors (Lipinski definition) is 1. The highest BCUT2D eigenvalue weighted by Crippen LogP contribution is 2.41. The molecule has 2 aliphatic rings. The van der Waals surface area contributed by atoms with Crippen molar-refractivity contribution in [3.63, 3.8) is 0 Å². The fourth-order valence-electron chi connectivity index (χ4n) is 3.69. The normalized spacial score (nSPS) is 21.8. The topological polar surface area (TPSA) is 65.8 Å². The van der Waals surface area contributed by atoms with Crippen molar-refractivity contribution in [1.82, 2.24) is 20.0 Å². The number of nitrogens with one attached hydrogen (secondary N) is 1. The van der Waals surface area contributed by atoms with Crippen molar-refractivity contribution in [3.05, 3.63) is 47.2 Å². The molecule has 2 unspecified atom stereocenters. The molecule has 1 N–H and O–H groups in total. The monoisotopic (exact) mass is 528 g/mol. The number of halogens is 2. The van der Waals surface area contributed by atoms with E-state index in [1.165, 1.54) is 5.56 Å². The van der Waals surface area contributed by atoms with Gasteiger partial charge in [0, 0.05) is 49.9 Å². The third-order valence-electron chi connectivity index (χ3n) is 5.21. The number of aliphatic imine (C=N–C) groups is 1. The van der Waals surface area contributed by atoms with E-state index in [9.17, 15) is 4.79 Å². The van der Waals surface area contributed by atoms with Gasteiger partial charge in [0.05, 0.1) is 11.9 Å². The van der Waals surface area contributed by atoms with Crippen molar-refractivity contribution in [1.29, 1.82) is 0 Å². The third kappa shape index (κ3) is 5.03. The van der Waals surface area contributed by atoms with Crippen LogP contribution in [0.3, 0.4) is 0 Å². The molecule has 0 spiro atoms. The van der Waals surface area contributed by atoms with Gasteiger partial charge in [-0.1, -0.05) is 23.7 Å². The highest BCUT2D eigenvalue weighted by molar-refractivity contribution is 14.0. The summed E-state index contributed by atoms with van der Waals surface area (Å²) in [5.41, 5.74) is 2.09. The molecule has 1 saturated heterocycles. The van der Waals surface area contributed by atoms with Crippen molar-refractivity contribution >= 4 is 53.1 Å². The number of amides is 1. The minimum Gasteiger partial charge on any atom is -0.353 e. The number of nitrogens with zero attached hydrogens (tertiary/aromatic N) is 5. The van der Waals surface area contributed by atoms with Crippen LogP contribution in [0.15, 0.2) is 41.7 Å². The number of piperazine rings is 1. The lowest BCUT2D eigenvalue weighted by Gasteiger charge is -2.35. The predicted molar refractivity (Wildman–Crippen MR) is 126 cm³/mol. The van der Waals surface area contributed by atoms with Crippen LogP contribution in [0.1, 0.15) is 24.8 Å². The lowest BCUT2D eigenvalue weighted by Crippen LogP contribution is -2.55. The molecule has 7 nitrogen and oxygen atoms in total. The van der Waals surface area contributed by atoms with Gasteiger partial charge >= 0.3 is 0 Å². The average molecular weight is 529 g/mol. The molecule has 29 heavy (non-hydrogen) atoms. The Morgan fingerprint density at radius 3 is 2.86 bits per heavy atom. The molecule has 4 rings (SSSR count). The molecule has 2 atom stereocenters. The number of aromatic nitrogens is 2. The molecule has 9 heteroatoms. The minimum absolute atomic E-state index is 0. The maximum atomic E-state index is 12.7. The highest BCUT2D eigenvalue weighted by atomic mass is 127. The number of anilines is 1. The number of hydrogen-bond acceptors (Lipinski definition) is 3. The van der Waals surface area contributed by atoms with Gasteiger partial charge in [0.25, 0.3) is 0 Å². The van der Waals surface area contributed by atoms with E-state index in [0.717, 1.165) is 29.6 Å². The Morgan fingerprint density at radius 1 is 1.38 bits per heavy atom.